The Hall–Kier alpha value is -1.02. The molecule has 2 N–H and O–H groups in total. The van der Waals surface area contributed by atoms with Crippen LogP contribution in [0, 0.1) is 5.82 Å². The van der Waals surface area contributed by atoms with Gasteiger partial charge in [0.25, 0.3) is 0 Å². The van der Waals surface area contributed by atoms with Crippen molar-refractivity contribution in [3.8, 4) is 0 Å². The summed E-state index contributed by atoms with van der Waals surface area (Å²) in [6, 6.07) is 3.85. The first-order chi connectivity index (χ1) is 9.71. The summed E-state index contributed by atoms with van der Waals surface area (Å²) in [5.74, 6) is -0.758. The van der Waals surface area contributed by atoms with Crippen LogP contribution < -0.4 is 5.32 Å². The normalized spacial score (nSPS) is 24.2. The maximum atomic E-state index is 13.8. The Kier molecular flexibility index (Phi) is 4.67. The Morgan fingerprint density at radius 1 is 1.52 bits per heavy atom. The van der Waals surface area contributed by atoms with E-state index in [-0.39, 0.29) is 17.5 Å². The second kappa shape index (κ2) is 6.00. The van der Waals surface area contributed by atoms with Crippen LogP contribution in [0.15, 0.2) is 23.1 Å². The minimum absolute atomic E-state index is 0.210. The number of rotatable bonds is 5. The second-order valence-electron chi connectivity index (χ2n) is 5.59. The summed E-state index contributed by atoms with van der Waals surface area (Å²) in [6.07, 6.45) is 1.54. The summed E-state index contributed by atoms with van der Waals surface area (Å²) >= 11 is 0. The van der Waals surface area contributed by atoms with Gasteiger partial charge in [-0.05, 0) is 24.6 Å². The van der Waals surface area contributed by atoms with Crippen LogP contribution in [-0.4, -0.2) is 45.1 Å². The third-order valence-electron chi connectivity index (χ3n) is 3.68. The van der Waals surface area contributed by atoms with Crippen LogP contribution in [0.5, 0.6) is 0 Å². The SMILES string of the molecule is CC(NCC1(O)CCOC1)c1ccc(S(C)(=O)=O)c(F)c1. The van der Waals surface area contributed by atoms with Crippen LogP contribution >= 0.6 is 0 Å². The first kappa shape index (κ1) is 16.4. The lowest BCUT2D eigenvalue weighted by molar-refractivity contribution is 0.0252. The zero-order valence-corrected chi connectivity index (χ0v) is 12.9. The number of sulfone groups is 1. The zero-order valence-electron chi connectivity index (χ0n) is 12.1. The predicted octanol–water partition coefficient (Wildman–Crippen LogP) is 1.03. The molecule has 1 aliphatic rings. The summed E-state index contributed by atoms with van der Waals surface area (Å²) in [4.78, 5) is -0.304. The third kappa shape index (κ3) is 4.00. The highest BCUT2D eigenvalue weighted by Crippen LogP contribution is 2.22. The number of nitrogens with one attached hydrogen (secondary N) is 1. The number of hydrogen-bond donors (Lipinski definition) is 2. The average Bonchev–Trinajstić information content (AvgIpc) is 2.82. The summed E-state index contributed by atoms with van der Waals surface area (Å²) in [6.45, 7) is 2.98. The molecule has 1 aromatic carbocycles. The Labute approximate surface area is 124 Å². The van der Waals surface area contributed by atoms with Crippen LogP contribution in [0.1, 0.15) is 24.9 Å². The lowest BCUT2D eigenvalue weighted by Gasteiger charge is -2.24. The molecule has 2 rings (SSSR count). The highest BCUT2D eigenvalue weighted by molar-refractivity contribution is 7.90. The fourth-order valence-corrected chi connectivity index (χ4v) is 3.01. The van der Waals surface area contributed by atoms with E-state index in [1.165, 1.54) is 12.1 Å². The number of aliphatic hydroxyl groups is 1. The van der Waals surface area contributed by atoms with E-state index in [0.29, 0.717) is 25.1 Å². The Morgan fingerprint density at radius 3 is 2.76 bits per heavy atom. The van der Waals surface area contributed by atoms with Gasteiger partial charge in [0, 0.05) is 31.9 Å². The van der Waals surface area contributed by atoms with Crippen molar-refractivity contribution in [3.05, 3.63) is 29.6 Å². The van der Waals surface area contributed by atoms with Gasteiger partial charge in [0.05, 0.1) is 6.61 Å². The summed E-state index contributed by atoms with van der Waals surface area (Å²) in [5, 5.41) is 13.3. The Bertz CT molecular complexity index is 611. The lowest BCUT2D eigenvalue weighted by Crippen LogP contribution is -2.41. The van der Waals surface area contributed by atoms with Gasteiger partial charge in [-0.25, -0.2) is 12.8 Å². The van der Waals surface area contributed by atoms with E-state index in [4.69, 9.17) is 4.74 Å². The fraction of sp³-hybridized carbons (Fsp3) is 0.571. The molecule has 0 bridgehead atoms. The molecule has 1 fully saturated rings. The van der Waals surface area contributed by atoms with Gasteiger partial charge in [0.1, 0.15) is 16.3 Å². The van der Waals surface area contributed by atoms with E-state index in [2.05, 4.69) is 5.32 Å². The fourth-order valence-electron chi connectivity index (χ4n) is 2.28. The van der Waals surface area contributed by atoms with Crippen molar-refractivity contribution in [1.29, 1.82) is 0 Å². The van der Waals surface area contributed by atoms with E-state index in [1.54, 1.807) is 6.07 Å². The molecule has 0 radical (unpaired) electrons. The zero-order chi connectivity index (χ0) is 15.7. The maximum Gasteiger partial charge on any atom is 0.178 e. The quantitative estimate of drug-likeness (QED) is 0.848. The van der Waals surface area contributed by atoms with E-state index < -0.39 is 21.3 Å². The van der Waals surface area contributed by atoms with Gasteiger partial charge >= 0.3 is 0 Å². The molecule has 0 saturated carbocycles. The second-order valence-corrected chi connectivity index (χ2v) is 7.58. The van der Waals surface area contributed by atoms with Crippen LogP contribution in [0.2, 0.25) is 0 Å². The van der Waals surface area contributed by atoms with Crippen LogP contribution in [-0.2, 0) is 14.6 Å². The first-order valence-electron chi connectivity index (χ1n) is 6.74. The van der Waals surface area contributed by atoms with E-state index >= 15 is 0 Å². The Balaban J connectivity index is 2.06. The standard InChI is InChI=1S/C14H20FNO4S/c1-10(16-8-14(17)5-6-20-9-14)11-3-4-13(12(15)7-11)21(2,18)19/h3-4,7,10,16-17H,5-6,8-9H2,1-2H3. The summed E-state index contributed by atoms with van der Waals surface area (Å²) in [5.41, 5.74) is -0.262. The average molecular weight is 317 g/mol. The van der Waals surface area contributed by atoms with E-state index in [0.717, 1.165) is 6.26 Å². The molecule has 7 heteroatoms. The molecule has 1 aromatic rings. The highest BCUT2D eigenvalue weighted by Gasteiger charge is 2.32. The van der Waals surface area contributed by atoms with Crippen molar-refractivity contribution in [2.24, 2.45) is 0 Å². The number of benzene rings is 1. The summed E-state index contributed by atoms with van der Waals surface area (Å²) in [7, 11) is -3.56. The van der Waals surface area contributed by atoms with Gasteiger partial charge in [0.15, 0.2) is 9.84 Å². The van der Waals surface area contributed by atoms with Crippen LogP contribution in [0.25, 0.3) is 0 Å². The molecule has 1 saturated heterocycles. The Morgan fingerprint density at radius 2 is 2.24 bits per heavy atom. The minimum Gasteiger partial charge on any atom is -0.386 e. The van der Waals surface area contributed by atoms with Crippen molar-refractivity contribution >= 4 is 9.84 Å². The molecule has 1 aliphatic heterocycles. The topological polar surface area (TPSA) is 75.6 Å². The molecule has 2 atom stereocenters. The van der Waals surface area contributed by atoms with Gasteiger partial charge < -0.3 is 15.2 Å². The molecule has 2 unspecified atom stereocenters. The van der Waals surface area contributed by atoms with Gasteiger partial charge in [-0.15, -0.1) is 0 Å². The molecular formula is C14H20FNO4S. The highest BCUT2D eigenvalue weighted by atomic mass is 32.2. The maximum absolute atomic E-state index is 13.8. The van der Waals surface area contributed by atoms with Crippen molar-refractivity contribution in [2.45, 2.75) is 29.9 Å². The van der Waals surface area contributed by atoms with Gasteiger partial charge in [-0.2, -0.15) is 0 Å². The number of ether oxygens (including phenoxy) is 1. The van der Waals surface area contributed by atoms with Gasteiger partial charge in [-0.3, -0.25) is 0 Å². The minimum atomic E-state index is -3.56. The van der Waals surface area contributed by atoms with Crippen LogP contribution in [0.4, 0.5) is 4.39 Å². The van der Waals surface area contributed by atoms with E-state index in [1.807, 2.05) is 6.92 Å². The molecule has 1 heterocycles. The predicted molar refractivity (Wildman–Crippen MR) is 76.3 cm³/mol. The first-order valence-corrected chi connectivity index (χ1v) is 8.63. The number of halogens is 1. The lowest BCUT2D eigenvalue weighted by atomic mass is 10.0. The largest absolute Gasteiger partial charge is 0.386 e. The number of hydrogen-bond acceptors (Lipinski definition) is 5. The summed E-state index contributed by atoms with van der Waals surface area (Å²) < 4.78 is 41.7. The van der Waals surface area contributed by atoms with Crippen molar-refractivity contribution in [1.82, 2.24) is 5.32 Å². The monoisotopic (exact) mass is 317 g/mol. The molecule has 0 aliphatic carbocycles. The molecule has 5 nitrogen and oxygen atoms in total. The molecule has 0 aromatic heterocycles. The third-order valence-corrected chi connectivity index (χ3v) is 4.81. The van der Waals surface area contributed by atoms with Gasteiger partial charge in [-0.1, -0.05) is 6.07 Å². The van der Waals surface area contributed by atoms with Crippen molar-refractivity contribution < 1.29 is 22.7 Å². The molecule has 0 amide bonds. The van der Waals surface area contributed by atoms with Gasteiger partial charge in [0.2, 0.25) is 0 Å². The molecule has 21 heavy (non-hydrogen) atoms. The van der Waals surface area contributed by atoms with Crippen molar-refractivity contribution in [2.75, 3.05) is 26.0 Å². The molecule has 118 valence electrons. The van der Waals surface area contributed by atoms with Crippen LogP contribution in [0.3, 0.4) is 0 Å². The molecular weight excluding hydrogens is 297 g/mol. The van der Waals surface area contributed by atoms with E-state index in [9.17, 15) is 17.9 Å². The van der Waals surface area contributed by atoms with Crippen molar-refractivity contribution in [3.63, 3.8) is 0 Å². The smallest absolute Gasteiger partial charge is 0.178 e. The molecule has 0 spiro atoms.